The summed E-state index contributed by atoms with van der Waals surface area (Å²) in [6.07, 6.45) is 1.70. The molecule has 0 saturated carbocycles. The Balaban J connectivity index is 1.86. The maximum Gasteiger partial charge on any atom is 0.251 e. The number of rotatable bonds is 10. The average Bonchev–Trinajstić information content (AvgIpc) is 2.67. The van der Waals surface area contributed by atoms with Crippen LogP contribution >= 0.6 is 0 Å². The number of anilines is 1. The predicted molar refractivity (Wildman–Crippen MR) is 112 cm³/mol. The molecule has 0 aliphatic carbocycles. The summed E-state index contributed by atoms with van der Waals surface area (Å²) in [6, 6.07) is 14.7. The van der Waals surface area contributed by atoms with Crippen molar-refractivity contribution < 1.29 is 14.3 Å². The van der Waals surface area contributed by atoms with E-state index in [-0.39, 0.29) is 18.4 Å². The number of ether oxygens (including phenoxy) is 1. The zero-order chi connectivity index (χ0) is 20.4. The smallest absolute Gasteiger partial charge is 0.251 e. The van der Waals surface area contributed by atoms with Crippen LogP contribution in [-0.2, 0) is 11.3 Å². The number of hydrogen-bond donors (Lipinski definition) is 2. The van der Waals surface area contributed by atoms with E-state index in [0.29, 0.717) is 30.9 Å². The average molecular weight is 381 g/mol. The Morgan fingerprint density at radius 2 is 1.93 bits per heavy atom. The summed E-state index contributed by atoms with van der Waals surface area (Å²) in [6.45, 7) is 7.38. The summed E-state index contributed by atoms with van der Waals surface area (Å²) >= 11 is 0. The first-order chi connectivity index (χ1) is 13.5. The molecule has 2 aromatic rings. The molecule has 0 unspecified atom stereocenters. The lowest BCUT2D eigenvalue weighted by atomic mass is 10.2. The number of nitrogens with zero attached hydrogens (tertiary/aromatic N) is 1. The SMILES string of the molecule is C=CCOc1ccc(CN(C)CC(=O)Nc2cccc(C(=O)NCC)c2)cc1. The zero-order valence-electron chi connectivity index (χ0n) is 16.4. The van der Waals surface area contributed by atoms with Crippen LogP contribution in [0.4, 0.5) is 5.69 Å². The first-order valence-corrected chi connectivity index (χ1v) is 9.21. The van der Waals surface area contributed by atoms with Crippen molar-refractivity contribution in [1.82, 2.24) is 10.2 Å². The Hall–Kier alpha value is -3.12. The zero-order valence-corrected chi connectivity index (χ0v) is 16.4. The van der Waals surface area contributed by atoms with Gasteiger partial charge in [0.05, 0.1) is 6.54 Å². The predicted octanol–water partition coefficient (Wildman–Crippen LogP) is 3.07. The third-order valence-electron chi connectivity index (χ3n) is 3.90. The molecule has 0 heterocycles. The number of carbonyl (C=O) groups is 2. The van der Waals surface area contributed by atoms with E-state index in [1.54, 1.807) is 30.3 Å². The number of benzene rings is 2. The summed E-state index contributed by atoms with van der Waals surface area (Å²) in [5.41, 5.74) is 2.21. The molecule has 0 atom stereocenters. The van der Waals surface area contributed by atoms with E-state index < -0.39 is 0 Å². The molecule has 6 heteroatoms. The fourth-order valence-corrected chi connectivity index (χ4v) is 2.66. The van der Waals surface area contributed by atoms with Gasteiger partial charge >= 0.3 is 0 Å². The highest BCUT2D eigenvalue weighted by Gasteiger charge is 2.10. The van der Waals surface area contributed by atoms with Gasteiger partial charge in [0.2, 0.25) is 5.91 Å². The summed E-state index contributed by atoms with van der Waals surface area (Å²) in [5.74, 6) is 0.494. The minimum atomic E-state index is -0.156. The first-order valence-electron chi connectivity index (χ1n) is 9.21. The van der Waals surface area contributed by atoms with Gasteiger partial charge in [-0.1, -0.05) is 30.9 Å². The van der Waals surface area contributed by atoms with Gasteiger partial charge in [-0.25, -0.2) is 0 Å². The molecular formula is C22H27N3O3. The molecule has 148 valence electrons. The van der Waals surface area contributed by atoms with Crippen molar-refractivity contribution in [3.8, 4) is 5.75 Å². The number of carbonyl (C=O) groups excluding carboxylic acids is 2. The minimum absolute atomic E-state index is 0.138. The van der Waals surface area contributed by atoms with Gasteiger partial charge in [-0.3, -0.25) is 14.5 Å². The third kappa shape index (κ3) is 6.89. The van der Waals surface area contributed by atoms with Crippen molar-refractivity contribution in [1.29, 1.82) is 0 Å². The quantitative estimate of drug-likeness (QED) is 0.621. The van der Waals surface area contributed by atoms with Gasteiger partial charge in [0.15, 0.2) is 0 Å². The van der Waals surface area contributed by atoms with E-state index in [4.69, 9.17) is 4.74 Å². The van der Waals surface area contributed by atoms with Crippen LogP contribution < -0.4 is 15.4 Å². The maximum absolute atomic E-state index is 12.3. The molecule has 0 aliphatic rings. The van der Waals surface area contributed by atoms with E-state index in [0.717, 1.165) is 11.3 Å². The Kier molecular flexibility index (Phi) is 8.24. The van der Waals surface area contributed by atoms with Gasteiger partial charge in [-0.05, 0) is 49.9 Å². The van der Waals surface area contributed by atoms with Crippen molar-refractivity contribution in [2.75, 3.05) is 32.1 Å². The van der Waals surface area contributed by atoms with E-state index >= 15 is 0 Å². The van der Waals surface area contributed by atoms with Gasteiger partial charge in [0.25, 0.3) is 5.91 Å². The van der Waals surface area contributed by atoms with Crippen molar-refractivity contribution in [3.05, 3.63) is 72.3 Å². The van der Waals surface area contributed by atoms with Crippen molar-refractivity contribution in [3.63, 3.8) is 0 Å². The van der Waals surface area contributed by atoms with Gasteiger partial charge in [0, 0.05) is 24.3 Å². The van der Waals surface area contributed by atoms with Crippen molar-refractivity contribution in [2.24, 2.45) is 0 Å². The molecule has 2 N–H and O–H groups in total. The molecule has 0 radical (unpaired) electrons. The number of nitrogens with one attached hydrogen (secondary N) is 2. The largest absolute Gasteiger partial charge is 0.490 e. The highest BCUT2D eigenvalue weighted by molar-refractivity contribution is 5.97. The second kappa shape index (κ2) is 10.9. The second-order valence-corrected chi connectivity index (χ2v) is 6.40. The molecule has 0 saturated heterocycles. The molecule has 0 aliphatic heterocycles. The molecule has 6 nitrogen and oxygen atoms in total. The van der Waals surface area contributed by atoms with Crippen LogP contribution in [0.5, 0.6) is 5.75 Å². The summed E-state index contributed by atoms with van der Waals surface area (Å²) in [4.78, 5) is 26.1. The maximum atomic E-state index is 12.3. The molecule has 0 bridgehead atoms. The Labute approximate surface area is 166 Å². The molecular weight excluding hydrogens is 354 g/mol. The topological polar surface area (TPSA) is 70.7 Å². The monoisotopic (exact) mass is 381 g/mol. The van der Waals surface area contributed by atoms with E-state index in [1.165, 1.54) is 0 Å². The summed E-state index contributed by atoms with van der Waals surface area (Å²) < 4.78 is 5.46. The molecule has 2 aromatic carbocycles. The standard InChI is InChI=1S/C22H27N3O3/c1-4-13-28-20-11-9-17(10-12-20)15-25(3)16-21(26)24-19-8-6-7-18(14-19)22(27)23-5-2/h4,6-12,14H,1,5,13,15-16H2,2-3H3,(H,23,27)(H,24,26). The van der Waals surface area contributed by atoms with E-state index in [2.05, 4.69) is 17.2 Å². The Morgan fingerprint density at radius 1 is 1.18 bits per heavy atom. The lowest BCUT2D eigenvalue weighted by molar-refractivity contribution is -0.117. The van der Waals surface area contributed by atoms with Crippen LogP contribution in [0.1, 0.15) is 22.8 Å². The summed E-state index contributed by atoms with van der Waals surface area (Å²) in [7, 11) is 1.88. The molecule has 0 aromatic heterocycles. The van der Waals surface area contributed by atoms with Gasteiger partial charge in [0.1, 0.15) is 12.4 Å². The van der Waals surface area contributed by atoms with Crippen LogP contribution in [-0.4, -0.2) is 43.5 Å². The molecule has 28 heavy (non-hydrogen) atoms. The third-order valence-corrected chi connectivity index (χ3v) is 3.90. The molecule has 2 amide bonds. The number of hydrogen-bond acceptors (Lipinski definition) is 4. The fourth-order valence-electron chi connectivity index (χ4n) is 2.66. The van der Waals surface area contributed by atoms with Crippen LogP contribution in [0.25, 0.3) is 0 Å². The van der Waals surface area contributed by atoms with E-state index in [9.17, 15) is 9.59 Å². The van der Waals surface area contributed by atoms with Gasteiger partial charge in [-0.2, -0.15) is 0 Å². The van der Waals surface area contributed by atoms with Crippen LogP contribution in [0.3, 0.4) is 0 Å². The van der Waals surface area contributed by atoms with Gasteiger partial charge < -0.3 is 15.4 Å². The highest BCUT2D eigenvalue weighted by Crippen LogP contribution is 2.14. The van der Waals surface area contributed by atoms with Gasteiger partial charge in [-0.15, -0.1) is 0 Å². The molecule has 0 fully saturated rings. The number of likely N-dealkylation sites (N-methyl/N-ethyl adjacent to an activating group) is 1. The lowest BCUT2D eigenvalue weighted by Gasteiger charge is -2.17. The summed E-state index contributed by atoms with van der Waals surface area (Å²) in [5, 5.41) is 5.58. The number of amides is 2. The van der Waals surface area contributed by atoms with Crippen molar-refractivity contribution >= 4 is 17.5 Å². The van der Waals surface area contributed by atoms with Crippen LogP contribution in [0.2, 0.25) is 0 Å². The Bertz CT molecular complexity index is 803. The minimum Gasteiger partial charge on any atom is -0.490 e. The normalized spacial score (nSPS) is 10.4. The second-order valence-electron chi connectivity index (χ2n) is 6.40. The lowest BCUT2D eigenvalue weighted by Crippen LogP contribution is -2.30. The Morgan fingerprint density at radius 3 is 2.61 bits per heavy atom. The molecule has 0 spiro atoms. The van der Waals surface area contributed by atoms with Crippen LogP contribution in [0, 0.1) is 0 Å². The molecule has 2 rings (SSSR count). The fraction of sp³-hybridized carbons (Fsp3) is 0.273. The van der Waals surface area contributed by atoms with Crippen LogP contribution in [0.15, 0.2) is 61.2 Å². The van der Waals surface area contributed by atoms with E-state index in [1.807, 2.05) is 43.1 Å². The highest BCUT2D eigenvalue weighted by atomic mass is 16.5. The van der Waals surface area contributed by atoms with Crippen molar-refractivity contribution in [2.45, 2.75) is 13.5 Å². The first kappa shape index (κ1) is 21.2.